The van der Waals surface area contributed by atoms with Gasteiger partial charge < -0.3 is 15.5 Å². The van der Waals surface area contributed by atoms with E-state index in [4.69, 9.17) is 0 Å². The Morgan fingerprint density at radius 3 is 1.50 bits per heavy atom. The number of anilines is 2. The first-order chi connectivity index (χ1) is 15.0. The molecule has 0 aliphatic heterocycles. The van der Waals surface area contributed by atoms with Gasteiger partial charge in [0.1, 0.15) is 0 Å². The van der Waals surface area contributed by atoms with Crippen molar-refractivity contribution in [3.63, 3.8) is 0 Å². The smallest absolute Gasteiger partial charge is 0.0411 e. The van der Waals surface area contributed by atoms with Gasteiger partial charge >= 0.3 is 0 Å². The van der Waals surface area contributed by atoms with Crippen molar-refractivity contribution in [1.82, 2.24) is 4.90 Å². The van der Waals surface area contributed by atoms with E-state index in [-0.39, 0.29) is 0 Å². The molecule has 3 heteroatoms. The number of rotatable bonds is 11. The lowest BCUT2D eigenvalue weighted by Crippen LogP contribution is -2.30. The van der Waals surface area contributed by atoms with E-state index < -0.39 is 0 Å². The van der Waals surface area contributed by atoms with Crippen LogP contribution in [0.25, 0.3) is 0 Å². The van der Waals surface area contributed by atoms with E-state index in [0.29, 0.717) is 17.8 Å². The SMILES string of the molecule is Cc1cc(C)c(NCCN(C)CCNc2c(C(C)C)cc(C(C)C)cc2C(C)C)c(C)c1. The summed E-state index contributed by atoms with van der Waals surface area (Å²) < 4.78 is 0. The molecule has 0 aliphatic carbocycles. The van der Waals surface area contributed by atoms with Crippen LogP contribution in [0.5, 0.6) is 0 Å². The van der Waals surface area contributed by atoms with Crippen LogP contribution in [0.1, 0.15) is 92.7 Å². The molecule has 0 saturated heterocycles. The Balaban J connectivity index is 1.98. The Labute approximate surface area is 198 Å². The van der Waals surface area contributed by atoms with Crippen LogP contribution >= 0.6 is 0 Å². The average molecular weight is 438 g/mol. The van der Waals surface area contributed by atoms with Gasteiger partial charge in [0.2, 0.25) is 0 Å². The maximum atomic E-state index is 3.81. The molecule has 0 bridgehead atoms. The van der Waals surface area contributed by atoms with E-state index in [1.165, 1.54) is 44.8 Å². The molecule has 0 radical (unpaired) electrons. The van der Waals surface area contributed by atoms with Gasteiger partial charge in [0.05, 0.1) is 0 Å². The van der Waals surface area contributed by atoms with Crippen molar-refractivity contribution in [2.45, 2.75) is 80.1 Å². The van der Waals surface area contributed by atoms with Crippen molar-refractivity contribution >= 4 is 11.4 Å². The molecule has 2 aromatic carbocycles. The average Bonchev–Trinajstić information content (AvgIpc) is 2.69. The zero-order chi connectivity index (χ0) is 24.0. The van der Waals surface area contributed by atoms with E-state index in [1.807, 2.05) is 0 Å². The molecule has 3 nitrogen and oxygen atoms in total. The fourth-order valence-corrected chi connectivity index (χ4v) is 4.47. The highest BCUT2D eigenvalue weighted by atomic mass is 15.1. The van der Waals surface area contributed by atoms with Crippen molar-refractivity contribution < 1.29 is 0 Å². The predicted octanol–water partition coefficient (Wildman–Crippen LogP) is 7.44. The summed E-state index contributed by atoms with van der Waals surface area (Å²) in [6.45, 7) is 24.3. The van der Waals surface area contributed by atoms with Gasteiger partial charge in [-0.15, -0.1) is 0 Å². The van der Waals surface area contributed by atoms with Crippen LogP contribution in [0.3, 0.4) is 0 Å². The third-order valence-corrected chi connectivity index (χ3v) is 6.40. The summed E-state index contributed by atoms with van der Waals surface area (Å²) in [6, 6.07) is 9.35. The maximum Gasteiger partial charge on any atom is 0.0411 e. The van der Waals surface area contributed by atoms with E-state index in [1.54, 1.807) is 0 Å². The lowest BCUT2D eigenvalue weighted by molar-refractivity contribution is 0.360. The number of hydrogen-bond acceptors (Lipinski definition) is 3. The zero-order valence-electron chi connectivity index (χ0n) is 22.3. The highest BCUT2D eigenvalue weighted by Crippen LogP contribution is 2.35. The Morgan fingerprint density at radius 1 is 0.656 bits per heavy atom. The number of likely N-dealkylation sites (N-methyl/N-ethyl adjacent to an activating group) is 1. The summed E-state index contributed by atoms with van der Waals surface area (Å²) in [7, 11) is 2.22. The van der Waals surface area contributed by atoms with Crippen LogP contribution in [0, 0.1) is 20.8 Å². The Bertz CT molecular complexity index is 828. The predicted molar refractivity (Wildman–Crippen MR) is 144 cm³/mol. The quantitative estimate of drug-likeness (QED) is 0.382. The molecular weight excluding hydrogens is 390 g/mol. The fraction of sp³-hybridized carbons (Fsp3) is 0.586. The number of nitrogens with zero attached hydrogens (tertiary/aromatic N) is 1. The first kappa shape index (κ1) is 26.3. The molecular formula is C29H47N3. The molecule has 0 fully saturated rings. The van der Waals surface area contributed by atoms with E-state index >= 15 is 0 Å². The molecule has 2 aromatic rings. The van der Waals surface area contributed by atoms with Gasteiger partial charge in [-0.05, 0) is 73.4 Å². The Morgan fingerprint density at radius 2 is 1.09 bits per heavy atom. The molecule has 0 aliphatic rings. The second-order valence-corrected chi connectivity index (χ2v) is 10.5. The molecule has 0 atom stereocenters. The normalized spacial score (nSPS) is 11.8. The molecule has 2 rings (SSSR count). The van der Waals surface area contributed by atoms with Crippen molar-refractivity contribution in [2.75, 3.05) is 43.9 Å². The van der Waals surface area contributed by atoms with Gasteiger partial charge in [-0.1, -0.05) is 71.4 Å². The molecule has 0 amide bonds. The van der Waals surface area contributed by atoms with Crippen molar-refractivity contribution in [2.24, 2.45) is 0 Å². The lowest BCUT2D eigenvalue weighted by Gasteiger charge is -2.25. The number of hydrogen-bond donors (Lipinski definition) is 2. The van der Waals surface area contributed by atoms with Crippen LogP contribution in [0.4, 0.5) is 11.4 Å². The van der Waals surface area contributed by atoms with Crippen LogP contribution < -0.4 is 10.6 Å². The van der Waals surface area contributed by atoms with Crippen molar-refractivity contribution in [3.05, 3.63) is 57.6 Å². The number of aryl methyl sites for hydroxylation is 3. The van der Waals surface area contributed by atoms with Crippen molar-refractivity contribution in [1.29, 1.82) is 0 Å². The zero-order valence-corrected chi connectivity index (χ0v) is 22.3. The Kier molecular flexibility index (Phi) is 9.64. The minimum atomic E-state index is 0.511. The van der Waals surface area contributed by atoms with Crippen molar-refractivity contribution in [3.8, 4) is 0 Å². The highest BCUT2D eigenvalue weighted by Gasteiger charge is 2.17. The summed E-state index contributed by atoms with van der Waals surface area (Å²) >= 11 is 0. The summed E-state index contributed by atoms with van der Waals surface area (Å²) in [5, 5.41) is 7.46. The van der Waals surface area contributed by atoms with Gasteiger partial charge in [0.25, 0.3) is 0 Å². The van der Waals surface area contributed by atoms with Gasteiger partial charge in [0.15, 0.2) is 0 Å². The maximum absolute atomic E-state index is 3.81. The second-order valence-electron chi connectivity index (χ2n) is 10.5. The van der Waals surface area contributed by atoms with Crippen LogP contribution in [0.2, 0.25) is 0 Å². The van der Waals surface area contributed by atoms with Gasteiger partial charge in [-0.25, -0.2) is 0 Å². The van der Waals surface area contributed by atoms with E-state index in [9.17, 15) is 0 Å². The Hall–Kier alpha value is -2.00. The van der Waals surface area contributed by atoms with Gasteiger partial charge in [0, 0.05) is 37.6 Å². The van der Waals surface area contributed by atoms with Crippen LogP contribution in [-0.2, 0) is 0 Å². The summed E-state index contributed by atoms with van der Waals surface area (Å²) in [4.78, 5) is 2.41. The van der Waals surface area contributed by atoms with E-state index in [0.717, 1.165) is 26.2 Å². The second kappa shape index (κ2) is 11.7. The summed E-state index contributed by atoms with van der Waals surface area (Å²) in [5.74, 6) is 1.58. The summed E-state index contributed by atoms with van der Waals surface area (Å²) in [5.41, 5.74) is 11.0. The molecule has 0 aromatic heterocycles. The van der Waals surface area contributed by atoms with Crippen LogP contribution in [-0.4, -0.2) is 38.1 Å². The largest absolute Gasteiger partial charge is 0.383 e. The standard InChI is InChI=1S/C29H47N3/c1-19(2)25-17-26(20(3)4)29(27(18-25)21(5)6)31-12-14-32(10)13-11-30-28-23(8)15-22(7)16-24(28)9/h15-21,30-31H,11-14H2,1-10H3. The van der Waals surface area contributed by atoms with Gasteiger partial charge in [-0.2, -0.15) is 0 Å². The first-order valence-electron chi connectivity index (χ1n) is 12.4. The van der Waals surface area contributed by atoms with E-state index in [2.05, 4.69) is 109 Å². The monoisotopic (exact) mass is 437 g/mol. The number of benzene rings is 2. The first-order valence-corrected chi connectivity index (χ1v) is 12.4. The minimum absolute atomic E-state index is 0.511. The third kappa shape index (κ3) is 7.00. The topological polar surface area (TPSA) is 27.3 Å². The summed E-state index contributed by atoms with van der Waals surface area (Å²) in [6.07, 6.45) is 0. The molecule has 0 unspecified atom stereocenters. The van der Waals surface area contributed by atoms with Gasteiger partial charge in [-0.3, -0.25) is 0 Å². The van der Waals surface area contributed by atoms with Crippen LogP contribution in [0.15, 0.2) is 24.3 Å². The minimum Gasteiger partial charge on any atom is -0.383 e. The molecule has 0 saturated carbocycles. The lowest BCUT2D eigenvalue weighted by atomic mass is 9.87. The number of nitrogens with one attached hydrogen (secondary N) is 2. The molecule has 0 heterocycles. The molecule has 0 spiro atoms. The molecule has 178 valence electrons. The highest BCUT2D eigenvalue weighted by molar-refractivity contribution is 5.62. The molecule has 2 N–H and O–H groups in total. The fourth-order valence-electron chi connectivity index (χ4n) is 4.47. The molecule has 32 heavy (non-hydrogen) atoms. The third-order valence-electron chi connectivity index (χ3n) is 6.40.